The molecule has 0 aromatic carbocycles. The van der Waals surface area contributed by atoms with Gasteiger partial charge >= 0.3 is 0 Å². The van der Waals surface area contributed by atoms with Gasteiger partial charge in [0, 0.05) is 12.3 Å². The van der Waals surface area contributed by atoms with Crippen molar-refractivity contribution < 1.29 is 9.53 Å². The summed E-state index contributed by atoms with van der Waals surface area (Å²) in [4.78, 5) is 17.9. The molecule has 0 atom stereocenters. The standard InChI is InChI=1S/C10H12N2O2/c1-10(2,12-7-13)8-4-5-11-9(6-8)14-3/h4-6H,1-3H3. The summed E-state index contributed by atoms with van der Waals surface area (Å²) in [5.74, 6) is 0.511. The predicted molar refractivity (Wildman–Crippen MR) is 51.9 cm³/mol. The average molecular weight is 192 g/mol. The SMILES string of the molecule is COc1cc(C(C)(C)N=C=O)ccn1. The average Bonchev–Trinajstić information content (AvgIpc) is 2.18. The van der Waals surface area contributed by atoms with Gasteiger partial charge in [-0.3, -0.25) is 0 Å². The summed E-state index contributed by atoms with van der Waals surface area (Å²) in [7, 11) is 1.54. The zero-order valence-electron chi connectivity index (χ0n) is 8.44. The van der Waals surface area contributed by atoms with Crippen LogP contribution in [-0.4, -0.2) is 18.2 Å². The number of ether oxygens (including phenoxy) is 1. The maximum absolute atomic E-state index is 10.2. The first-order chi connectivity index (χ1) is 6.60. The number of pyridine rings is 1. The van der Waals surface area contributed by atoms with Crippen LogP contribution in [0, 0.1) is 0 Å². The molecule has 0 spiro atoms. The Balaban J connectivity index is 3.11. The summed E-state index contributed by atoms with van der Waals surface area (Å²) in [6.45, 7) is 3.65. The Morgan fingerprint density at radius 3 is 2.86 bits per heavy atom. The molecule has 0 saturated carbocycles. The van der Waals surface area contributed by atoms with Crippen molar-refractivity contribution in [2.75, 3.05) is 7.11 Å². The lowest BCUT2D eigenvalue weighted by atomic mass is 9.96. The minimum atomic E-state index is -0.585. The first kappa shape index (κ1) is 10.4. The first-order valence-corrected chi connectivity index (χ1v) is 4.19. The van der Waals surface area contributed by atoms with Gasteiger partial charge in [0.15, 0.2) is 0 Å². The van der Waals surface area contributed by atoms with E-state index in [-0.39, 0.29) is 0 Å². The van der Waals surface area contributed by atoms with Crippen LogP contribution in [0.1, 0.15) is 19.4 Å². The minimum Gasteiger partial charge on any atom is -0.481 e. The molecule has 0 aliphatic rings. The number of aromatic nitrogens is 1. The Bertz CT molecular complexity index is 368. The molecular weight excluding hydrogens is 180 g/mol. The van der Waals surface area contributed by atoms with E-state index < -0.39 is 5.54 Å². The van der Waals surface area contributed by atoms with Crippen molar-refractivity contribution in [3.63, 3.8) is 0 Å². The van der Waals surface area contributed by atoms with Crippen LogP contribution in [0.15, 0.2) is 23.3 Å². The maximum Gasteiger partial charge on any atom is 0.235 e. The van der Waals surface area contributed by atoms with Gasteiger partial charge in [-0.15, -0.1) is 0 Å². The molecule has 14 heavy (non-hydrogen) atoms. The van der Waals surface area contributed by atoms with Crippen molar-refractivity contribution in [2.45, 2.75) is 19.4 Å². The van der Waals surface area contributed by atoms with E-state index in [1.54, 1.807) is 31.5 Å². The lowest BCUT2D eigenvalue weighted by Crippen LogP contribution is -2.13. The lowest BCUT2D eigenvalue weighted by molar-refractivity contribution is 0.395. The van der Waals surface area contributed by atoms with Crippen molar-refractivity contribution in [1.29, 1.82) is 0 Å². The zero-order valence-corrected chi connectivity index (χ0v) is 8.44. The zero-order chi connectivity index (χ0) is 10.6. The Hall–Kier alpha value is -1.67. The molecule has 1 heterocycles. The van der Waals surface area contributed by atoms with Gasteiger partial charge in [-0.25, -0.2) is 9.78 Å². The number of rotatable bonds is 3. The van der Waals surface area contributed by atoms with E-state index in [2.05, 4.69) is 9.98 Å². The van der Waals surface area contributed by atoms with Crippen LogP contribution in [0.5, 0.6) is 5.88 Å². The summed E-state index contributed by atoms with van der Waals surface area (Å²) < 4.78 is 4.98. The van der Waals surface area contributed by atoms with E-state index in [4.69, 9.17) is 4.74 Å². The van der Waals surface area contributed by atoms with E-state index in [0.29, 0.717) is 5.88 Å². The summed E-state index contributed by atoms with van der Waals surface area (Å²) in [5, 5.41) is 0. The highest BCUT2D eigenvalue weighted by Crippen LogP contribution is 2.25. The van der Waals surface area contributed by atoms with E-state index in [1.807, 2.05) is 13.8 Å². The van der Waals surface area contributed by atoms with Gasteiger partial charge < -0.3 is 4.74 Å². The molecule has 0 radical (unpaired) electrons. The Labute approximate surface area is 82.6 Å². The van der Waals surface area contributed by atoms with E-state index >= 15 is 0 Å². The number of methoxy groups -OCH3 is 1. The van der Waals surface area contributed by atoms with Gasteiger partial charge in [-0.1, -0.05) is 0 Å². The topological polar surface area (TPSA) is 51.5 Å². The third-order valence-electron chi connectivity index (χ3n) is 1.98. The van der Waals surface area contributed by atoms with E-state index in [0.717, 1.165) is 5.56 Å². The molecule has 0 amide bonds. The van der Waals surface area contributed by atoms with Crippen molar-refractivity contribution >= 4 is 6.08 Å². The van der Waals surface area contributed by atoms with Crippen molar-refractivity contribution in [3.05, 3.63) is 23.9 Å². The third kappa shape index (κ3) is 2.18. The predicted octanol–water partition coefficient (Wildman–Crippen LogP) is 1.66. The molecule has 1 rings (SSSR count). The van der Waals surface area contributed by atoms with Crippen LogP contribution < -0.4 is 4.74 Å². The summed E-state index contributed by atoms with van der Waals surface area (Å²) in [6, 6.07) is 3.55. The Morgan fingerprint density at radius 1 is 1.57 bits per heavy atom. The first-order valence-electron chi connectivity index (χ1n) is 4.19. The van der Waals surface area contributed by atoms with Crippen LogP contribution in [0.2, 0.25) is 0 Å². The van der Waals surface area contributed by atoms with Crippen LogP contribution in [0.4, 0.5) is 0 Å². The number of hydrogen-bond acceptors (Lipinski definition) is 4. The van der Waals surface area contributed by atoms with Crippen LogP contribution in [0.3, 0.4) is 0 Å². The number of nitrogens with zero attached hydrogens (tertiary/aromatic N) is 2. The maximum atomic E-state index is 10.2. The fraction of sp³-hybridized carbons (Fsp3) is 0.400. The fourth-order valence-electron chi connectivity index (χ4n) is 1.08. The largest absolute Gasteiger partial charge is 0.481 e. The molecular formula is C10H12N2O2. The lowest BCUT2D eigenvalue weighted by Gasteiger charge is -2.17. The minimum absolute atomic E-state index is 0.511. The van der Waals surface area contributed by atoms with Crippen molar-refractivity contribution in [1.82, 2.24) is 4.98 Å². The van der Waals surface area contributed by atoms with Crippen LogP contribution in [0.25, 0.3) is 0 Å². The molecule has 0 bridgehead atoms. The highest BCUT2D eigenvalue weighted by Gasteiger charge is 2.19. The second-order valence-electron chi connectivity index (χ2n) is 3.35. The molecule has 0 fully saturated rings. The molecule has 0 aliphatic heterocycles. The normalized spacial score (nSPS) is 10.5. The molecule has 0 unspecified atom stereocenters. The molecule has 0 N–H and O–H groups in total. The van der Waals surface area contributed by atoms with E-state index in [9.17, 15) is 4.79 Å². The summed E-state index contributed by atoms with van der Waals surface area (Å²) >= 11 is 0. The summed E-state index contributed by atoms with van der Waals surface area (Å²) in [6.07, 6.45) is 3.18. The molecule has 1 aromatic heterocycles. The molecule has 0 aliphatic carbocycles. The van der Waals surface area contributed by atoms with Crippen molar-refractivity contribution in [3.8, 4) is 5.88 Å². The van der Waals surface area contributed by atoms with Gasteiger partial charge in [0.1, 0.15) is 0 Å². The van der Waals surface area contributed by atoms with Crippen LogP contribution in [-0.2, 0) is 10.3 Å². The second kappa shape index (κ2) is 4.03. The third-order valence-corrected chi connectivity index (χ3v) is 1.98. The van der Waals surface area contributed by atoms with Gasteiger partial charge in [0.05, 0.1) is 12.6 Å². The number of isocyanates is 1. The molecule has 0 saturated heterocycles. The fourth-order valence-corrected chi connectivity index (χ4v) is 1.08. The smallest absolute Gasteiger partial charge is 0.235 e. The Kier molecular flexibility index (Phi) is 2.99. The quantitative estimate of drug-likeness (QED) is 0.540. The molecule has 74 valence electrons. The van der Waals surface area contributed by atoms with Gasteiger partial charge in [0.25, 0.3) is 0 Å². The van der Waals surface area contributed by atoms with E-state index in [1.165, 1.54) is 0 Å². The number of carbonyl (C=O) groups excluding carboxylic acids is 1. The molecule has 4 nitrogen and oxygen atoms in total. The highest BCUT2D eigenvalue weighted by molar-refractivity contribution is 5.38. The molecule has 4 heteroatoms. The van der Waals surface area contributed by atoms with Gasteiger partial charge in [-0.2, -0.15) is 4.99 Å². The van der Waals surface area contributed by atoms with Crippen molar-refractivity contribution in [2.24, 2.45) is 4.99 Å². The van der Waals surface area contributed by atoms with Crippen LogP contribution >= 0.6 is 0 Å². The highest BCUT2D eigenvalue weighted by atomic mass is 16.5. The Morgan fingerprint density at radius 2 is 2.29 bits per heavy atom. The second-order valence-corrected chi connectivity index (χ2v) is 3.35. The monoisotopic (exact) mass is 192 g/mol. The van der Waals surface area contributed by atoms with Gasteiger partial charge in [0.2, 0.25) is 12.0 Å². The summed E-state index contributed by atoms with van der Waals surface area (Å²) in [5.41, 5.74) is 0.283. The number of hydrogen-bond donors (Lipinski definition) is 0. The number of aliphatic imine (C=N–C) groups is 1. The molecule has 1 aromatic rings. The van der Waals surface area contributed by atoms with Gasteiger partial charge in [-0.05, 0) is 25.5 Å².